The molecule has 1 aliphatic heterocycles. The zero-order valence-electron chi connectivity index (χ0n) is 19.4. The minimum absolute atomic E-state index is 0.0205. The van der Waals surface area contributed by atoms with Gasteiger partial charge in [0, 0.05) is 17.4 Å². The van der Waals surface area contributed by atoms with Crippen LogP contribution in [-0.4, -0.2) is 37.8 Å². The SMILES string of the molecule is CC1(c2ccccc2F)C(=O)Nc2nc(-n3nc(CCC(F)(F)C(F)(F)F)c4cc(F)ccc43)nc(N)c21. The number of fused-ring (bicyclic) bond motifs is 2. The number of anilines is 2. The quantitative estimate of drug-likeness (QED) is 0.346. The molecule has 3 N–H and O–H groups in total. The van der Waals surface area contributed by atoms with E-state index in [9.17, 15) is 35.5 Å². The molecule has 1 aliphatic rings. The van der Waals surface area contributed by atoms with Crippen molar-refractivity contribution < 1.29 is 35.5 Å². The third kappa shape index (κ3) is 3.82. The number of carbonyl (C=O) groups excluding carboxylic acids is 1. The number of rotatable bonds is 5. The van der Waals surface area contributed by atoms with Crippen LogP contribution >= 0.6 is 0 Å². The van der Waals surface area contributed by atoms with Gasteiger partial charge >= 0.3 is 12.1 Å². The van der Waals surface area contributed by atoms with Gasteiger partial charge < -0.3 is 11.1 Å². The minimum atomic E-state index is -5.77. The number of amides is 1. The Balaban J connectivity index is 1.62. The molecule has 5 rings (SSSR count). The standard InChI is InChI=1S/C24H17F7N6O/c1-22(13-4-2-3-5-14(13)26)17-18(32)33-21(35-19(17)34-20(22)38)37-16-7-6-11(25)10-12(16)15(36-37)8-9-23(27,28)24(29,30)31/h2-7,10H,8-9H2,1H3,(H3,32,33,34,35,38). The Bertz CT molecular complexity index is 1600. The van der Waals surface area contributed by atoms with Crippen LogP contribution in [-0.2, 0) is 16.6 Å². The summed E-state index contributed by atoms with van der Waals surface area (Å²) in [6, 6.07) is 8.77. The number of nitrogens with zero attached hydrogens (tertiary/aromatic N) is 4. The first kappa shape index (κ1) is 25.4. The first-order valence-electron chi connectivity index (χ1n) is 11.1. The van der Waals surface area contributed by atoms with E-state index in [2.05, 4.69) is 20.4 Å². The Morgan fingerprint density at radius 2 is 1.76 bits per heavy atom. The summed E-state index contributed by atoms with van der Waals surface area (Å²) in [4.78, 5) is 21.4. The Morgan fingerprint density at radius 3 is 2.45 bits per heavy atom. The molecule has 1 amide bonds. The number of hydrogen-bond acceptors (Lipinski definition) is 5. The van der Waals surface area contributed by atoms with Crippen molar-refractivity contribution in [3.63, 3.8) is 0 Å². The molecule has 2 aromatic heterocycles. The maximum Gasteiger partial charge on any atom is 0.453 e. The lowest BCUT2D eigenvalue weighted by atomic mass is 9.77. The fourth-order valence-electron chi connectivity index (χ4n) is 4.52. The number of halogens is 7. The van der Waals surface area contributed by atoms with E-state index in [-0.39, 0.29) is 45.3 Å². The number of carbonyl (C=O) groups is 1. The van der Waals surface area contributed by atoms with Crippen molar-refractivity contribution in [2.45, 2.75) is 37.3 Å². The molecular formula is C24H17F7N6O. The molecule has 7 nitrogen and oxygen atoms in total. The van der Waals surface area contributed by atoms with Crippen LogP contribution in [0.15, 0.2) is 42.5 Å². The summed E-state index contributed by atoms with van der Waals surface area (Å²) in [7, 11) is 0. The highest BCUT2D eigenvalue weighted by molar-refractivity contribution is 6.09. The van der Waals surface area contributed by atoms with Crippen LogP contribution in [0.4, 0.5) is 42.4 Å². The number of aryl methyl sites for hydroxylation is 1. The second-order valence-electron chi connectivity index (χ2n) is 8.91. The van der Waals surface area contributed by atoms with Gasteiger partial charge in [0.1, 0.15) is 28.7 Å². The molecule has 4 aromatic rings. The third-order valence-corrected chi connectivity index (χ3v) is 6.52. The van der Waals surface area contributed by atoms with Crippen LogP contribution in [0.1, 0.15) is 30.2 Å². The predicted octanol–water partition coefficient (Wildman–Crippen LogP) is 5.06. The molecule has 0 aliphatic carbocycles. The highest BCUT2D eigenvalue weighted by Crippen LogP contribution is 2.45. The smallest absolute Gasteiger partial charge is 0.383 e. The molecule has 0 spiro atoms. The van der Waals surface area contributed by atoms with Crippen molar-refractivity contribution in [1.82, 2.24) is 19.7 Å². The van der Waals surface area contributed by atoms with Gasteiger partial charge in [-0.25, -0.2) is 8.78 Å². The fraction of sp³-hybridized carbons (Fsp3) is 0.250. The molecule has 0 saturated heterocycles. The second-order valence-corrected chi connectivity index (χ2v) is 8.91. The summed E-state index contributed by atoms with van der Waals surface area (Å²) in [6.45, 7) is 1.44. The molecule has 1 unspecified atom stereocenters. The molecule has 0 bridgehead atoms. The molecule has 14 heteroatoms. The number of aromatic nitrogens is 4. The molecule has 0 saturated carbocycles. The van der Waals surface area contributed by atoms with E-state index in [0.717, 1.165) is 16.8 Å². The van der Waals surface area contributed by atoms with E-state index in [0.29, 0.717) is 0 Å². The number of nitrogen functional groups attached to an aromatic ring is 1. The van der Waals surface area contributed by atoms with E-state index in [1.165, 1.54) is 31.2 Å². The summed E-state index contributed by atoms with van der Waals surface area (Å²) in [5.74, 6) is -7.65. The first-order chi connectivity index (χ1) is 17.7. The number of nitrogens with one attached hydrogen (secondary N) is 1. The molecule has 1 atom stereocenters. The summed E-state index contributed by atoms with van der Waals surface area (Å²) in [5, 5.41) is 6.57. The molecular weight excluding hydrogens is 521 g/mol. The number of alkyl halides is 5. The van der Waals surface area contributed by atoms with Gasteiger partial charge in [-0.3, -0.25) is 4.79 Å². The van der Waals surface area contributed by atoms with Crippen LogP contribution in [0, 0.1) is 11.6 Å². The fourth-order valence-corrected chi connectivity index (χ4v) is 4.52. The van der Waals surface area contributed by atoms with Crippen molar-refractivity contribution in [2.24, 2.45) is 0 Å². The lowest BCUT2D eigenvalue weighted by Crippen LogP contribution is -2.36. The van der Waals surface area contributed by atoms with Crippen molar-refractivity contribution in [1.29, 1.82) is 0 Å². The van der Waals surface area contributed by atoms with E-state index in [1.54, 1.807) is 6.07 Å². The van der Waals surface area contributed by atoms with Crippen LogP contribution in [0.3, 0.4) is 0 Å². The van der Waals surface area contributed by atoms with E-state index >= 15 is 0 Å². The second kappa shape index (κ2) is 8.39. The summed E-state index contributed by atoms with van der Waals surface area (Å²) in [6.07, 6.45) is -8.23. The van der Waals surface area contributed by atoms with Crippen LogP contribution in [0.2, 0.25) is 0 Å². The topological polar surface area (TPSA) is 98.7 Å². The van der Waals surface area contributed by atoms with Gasteiger partial charge in [-0.2, -0.15) is 41.7 Å². The van der Waals surface area contributed by atoms with Crippen molar-refractivity contribution >= 4 is 28.4 Å². The van der Waals surface area contributed by atoms with Crippen LogP contribution in [0.5, 0.6) is 0 Å². The van der Waals surface area contributed by atoms with Crippen molar-refractivity contribution in [3.8, 4) is 5.95 Å². The van der Waals surface area contributed by atoms with Gasteiger partial charge in [0.15, 0.2) is 0 Å². The van der Waals surface area contributed by atoms with E-state index < -0.39 is 47.9 Å². The van der Waals surface area contributed by atoms with Crippen LogP contribution in [0.25, 0.3) is 16.9 Å². The van der Waals surface area contributed by atoms with Crippen LogP contribution < -0.4 is 11.1 Å². The summed E-state index contributed by atoms with van der Waals surface area (Å²) < 4.78 is 94.7. The number of benzene rings is 2. The Kier molecular flexibility index (Phi) is 5.62. The molecule has 38 heavy (non-hydrogen) atoms. The Morgan fingerprint density at radius 1 is 1.05 bits per heavy atom. The van der Waals surface area contributed by atoms with E-state index in [4.69, 9.17) is 5.73 Å². The average molecular weight is 538 g/mol. The molecule has 0 fully saturated rings. The van der Waals surface area contributed by atoms with Crippen molar-refractivity contribution in [3.05, 3.63) is 70.9 Å². The largest absolute Gasteiger partial charge is 0.453 e. The number of hydrogen-bond donors (Lipinski definition) is 2. The Labute approximate surface area is 209 Å². The van der Waals surface area contributed by atoms with Gasteiger partial charge in [-0.15, -0.1) is 0 Å². The summed E-state index contributed by atoms with van der Waals surface area (Å²) in [5.41, 5.74) is 4.54. The molecule has 198 valence electrons. The van der Waals surface area contributed by atoms with Gasteiger partial charge in [0.25, 0.3) is 5.95 Å². The van der Waals surface area contributed by atoms with E-state index in [1.807, 2.05) is 0 Å². The Hall–Kier alpha value is -4.23. The monoisotopic (exact) mass is 538 g/mol. The first-order valence-corrected chi connectivity index (χ1v) is 11.1. The highest BCUT2D eigenvalue weighted by atomic mass is 19.4. The van der Waals surface area contributed by atoms with Gasteiger partial charge in [-0.05, 0) is 37.6 Å². The molecule has 3 heterocycles. The maximum absolute atomic E-state index is 14.6. The zero-order valence-corrected chi connectivity index (χ0v) is 19.4. The normalized spacial score (nSPS) is 17.6. The predicted molar refractivity (Wildman–Crippen MR) is 122 cm³/mol. The van der Waals surface area contributed by atoms with Gasteiger partial charge in [0.05, 0.1) is 16.8 Å². The lowest BCUT2D eigenvalue weighted by molar-refractivity contribution is -0.284. The lowest BCUT2D eigenvalue weighted by Gasteiger charge is -2.23. The third-order valence-electron chi connectivity index (χ3n) is 6.52. The average Bonchev–Trinajstić information content (AvgIpc) is 3.32. The van der Waals surface area contributed by atoms with Gasteiger partial charge in [-0.1, -0.05) is 18.2 Å². The van der Waals surface area contributed by atoms with Crippen molar-refractivity contribution in [2.75, 3.05) is 11.1 Å². The molecule has 0 radical (unpaired) electrons. The maximum atomic E-state index is 14.6. The van der Waals surface area contributed by atoms with Gasteiger partial charge in [0.2, 0.25) is 5.91 Å². The zero-order chi connectivity index (χ0) is 27.6. The summed E-state index contributed by atoms with van der Waals surface area (Å²) >= 11 is 0. The molecule has 2 aromatic carbocycles. The number of nitrogens with two attached hydrogens (primary N) is 1. The minimum Gasteiger partial charge on any atom is -0.383 e. The highest BCUT2D eigenvalue weighted by Gasteiger charge is 2.56.